The number of rotatable bonds is 20. The molecule has 10 rings (SSSR count). The van der Waals surface area contributed by atoms with Gasteiger partial charge in [-0.05, 0) is 166 Å². The largest absolute Gasteiger partial charge is 0.311 e. The first-order valence-corrected chi connectivity index (χ1v) is 29.0. The molecule has 0 saturated carbocycles. The highest BCUT2D eigenvalue weighted by atomic mass is 15.2. The average Bonchev–Trinajstić information content (AvgIpc) is 3.61. The molecule has 0 spiro atoms. The van der Waals surface area contributed by atoms with Crippen LogP contribution in [0.4, 0.5) is 45.5 Å². The maximum atomic E-state index is 4.98. The van der Waals surface area contributed by atoms with Crippen LogP contribution in [0.15, 0.2) is 291 Å². The van der Waals surface area contributed by atoms with Crippen LogP contribution in [0.2, 0.25) is 0 Å². The Morgan fingerprint density at radius 3 is 0.707 bits per heavy atom. The molecule has 0 aliphatic rings. The molecule has 0 aromatic heterocycles. The number of benzene rings is 10. The van der Waals surface area contributed by atoms with Crippen LogP contribution < -0.4 is 19.6 Å². The van der Waals surface area contributed by atoms with E-state index in [2.05, 4.69) is 342 Å². The molecule has 408 valence electrons. The molecular weight excluding hydrogens is 993 g/mol. The summed E-state index contributed by atoms with van der Waals surface area (Å²) in [6.07, 6.45) is 4.56. The molecule has 0 saturated heterocycles. The van der Waals surface area contributed by atoms with E-state index in [4.69, 9.17) is 13.2 Å². The van der Waals surface area contributed by atoms with E-state index in [0.29, 0.717) is 23.7 Å². The summed E-state index contributed by atoms with van der Waals surface area (Å²) in [5, 5.41) is 2.16. The van der Waals surface area contributed by atoms with E-state index in [-0.39, 0.29) is 0 Å². The summed E-state index contributed by atoms with van der Waals surface area (Å²) >= 11 is 0. The van der Waals surface area contributed by atoms with E-state index in [1.165, 1.54) is 22.3 Å². The lowest BCUT2D eigenvalue weighted by molar-refractivity contribution is 0.866. The average molecular weight is 1070 g/mol. The lowest BCUT2D eigenvalue weighted by Gasteiger charge is -2.33. The number of hydrogen-bond donors (Lipinski definition) is 0. The molecule has 10 aromatic rings. The molecule has 4 nitrogen and oxygen atoms in total. The highest BCUT2D eigenvalue weighted by molar-refractivity contribution is 6.07. The second-order valence-corrected chi connectivity index (χ2v) is 22.4. The summed E-state index contributed by atoms with van der Waals surface area (Å²) in [6, 6.07) is 92.2. The predicted octanol–water partition coefficient (Wildman–Crippen LogP) is 22.4. The minimum Gasteiger partial charge on any atom is -0.311 e. The zero-order valence-corrected chi connectivity index (χ0v) is 48.9. The Kier molecular flexibility index (Phi) is 17.3. The van der Waals surface area contributed by atoms with Gasteiger partial charge in [0.15, 0.2) is 0 Å². The van der Waals surface area contributed by atoms with E-state index in [1.807, 2.05) is 0 Å². The first-order chi connectivity index (χ1) is 39.8. The Morgan fingerprint density at radius 1 is 0.256 bits per heavy atom. The third kappa shape index (κ3) is 12.3. The van der Waals surface area contributed by atoms with Crippen LogP contribution >= 0.6 is 0 Å². The first kappa shape index (κ1) is 55.9. The summed E-state index contributed by atoms with van der Waals surface area (Å²) in [5.74, 6) is 1.54. The maximum absolute atomic E-state index is 4.98. The molecule has 82 heavy (non-hydrogen) atoms. The molecule has 4 heteroatoms. The fourth-order valence-electron chi connectivity index (χ4n) is 10.9. The molecule has 0 bridgehead atoms. The standard InChI is InChI=1S/C78H76N4/c1-55(2)61-35-43-69(44-36-61)79(65-25-15-11-16-26-65)59(9)53-77(81(67-29-19-13-20-30-67)71-47-39-63(40-48-71)57(5)6)75-51-52-76(74-34-24-23-33-73(74)75)78(82(68-31-21-14-22-32-68)72-49-41-64(42-50-72)58(7)8)54-60(10)80(66-27-17-12-18-28-66)70-45-37-62(38-46-70)56(3)4/h11-58H,9-10H2,1-8H3/b77-53+,78-54+. The van der Waals surface area contributed by atoms with Gasteiger partial charge in [0.25, 0.3) is 0 Å². The van der Waals surface area contributed by atoms with Crippen molar-refractivity contribution in [2.45, 2.75) is 79.1 Å². The van der Waals surface area contributed by atoms with Crippen LogP contribution in [0.1, 0.15) is 112 Å². The minimum absolute atomic E-state index is 0.374. The number of anilines is 8. The minimum atomic E-state index is 0.374. The van der Waals surface area contributed by atoms with Gasteiger partial charge in [-0.15, -0.1) is 0 Å². The van der Waals surface area contributed by atoms with Gasteiger partial charge in [-0.25, -0.2) is 0 Å². The van der Waals surface area contributed by atoms with Crippen molar-refractivity contribution in [3.63, 3.8) is 0 Å². The number of hydrogen-bond acceptors (Lipinski definition) is 4. The summed E-state index contributed by atoms with van der Waals surface area (Å²) in [7, 11) is 0. The Morgan fingerprint density at radius 2 is 0.463 bits per heavy atom. The topological polar surface area (TPSA) is 13.0 Å². The van der Waals surface area contributed by atoms with Gasteiger partial charge >= 0.3 is 0 Å². The normalized spacial score (nSPS) is 11.9. The molecule has 0 atom stereocenters. The van der Waals surface area contributed by atoms with Gasteiger partial charge in [-0.2, -0.15) is 0 Å². The van der Waals surface area contributed by atoms with E-state index in [0.717, 1.165) is 90.2 Å². The molecular formula is C78H76N4. The Balaban J connectivity index is 1.25. The van der Waals surface area contributed by atoms with Crippen LogP contribution in [0.3, 0.4) is 0 Å². The van der Waals surface area contributed by atoms with Gasteiger partial charge in [0.05, 0.1) is 11.4 Å². The van der Waals surface area contributed by atoms with Gasteiger partial charge in [0.2, 0.25) is 0 Å². The van der Waals surface area contributed by atoms with Crippen molar-refractivity contribution >= 4 is 67.7 Å². The summed E-state index contributed by atoms with van der Waals surface area (Å²) in [6.45, 7) is 27.9. The van der Waals surface area contributed by atoms with Gasteiger partial charge in [-0.1, -0.05) is 226 Å². The lowest BCUT2D eigenvalue weighted by Crippen LogP contribution is -2.20. The Labute approximate surface area is 488 Å². The second-order valence-electron chi connectivity index (χ2n) is 22.4. The lowest BCUT2D eigenvalue weighted by atomic mass is 9.93. The van der Waals surface area contributed by atoms with Crippen molar-refractivity contribution in [1.29, 1.82) is 0 Å². The zero-order valence-electron chi connectivity index (χ0n) is 48.9. The third-order valence-corrected chi connectivity index (χ3v) is 15.5. The zero-order chi connectivity index (χ0) is 57.3. The smallest absolute Gasteiger partial charge is 0.0560 e. The monoisotopic (exact) mass is 1070 g/mol. The van der Waals surface area contributed by atoms with Crippen LogP contribution in [0, 0.1) is 0 Å². The van der Waals surface area contributed by atoms with Crippen LogP contribution in [-0.4, -0.2) is 0 Å². The van der Waals surface area contributed by atoms with Crippen molar-refractivity contribution in [2.75, 3.05) is 19.6 Å². The Hall–Kier alpha value is -9.38. The van der Waals surface area contributed by atoms with Crippen LogP contribution in [-0.2, 0) is 0 Å². The highest BCUT2D eigenvalue weighted by Gasteiger charge is 2.26. The van der Waals surface area contributed by atoms with Crippen molar-refractivity contribution in [1.82, 2.24) is 0 Å². The fraction of sp³-hybridized carbons (Fsp3) is 0.154. The number of allylic oxidation sites excluding steroid dienone is 2. The molecule has 0 fully saturated rings. The Bertz CT molecular complexity index is 3550. The van der Waals surface area contributed by atoms with E-state index >= 15 is 0 Å². The highest BCUT2D eigenvalue weighted by Crippen LogP contribution is 2.45. The summed E-state index contributed by atoms with van der Waals surface area (Å²) in [4.78, 5) is 9.34. The molecule has 0 radical (unpaired) electrons. The van der Waals surface area contributed by atoms with Crippen molar-refractivity contribution in [3.8, 4) is 0 Å². The second kappa shape index (κ2) is 25.4. The first-order valence-electron chi connectivity index (χ1n) is 29.0. The van der Waals surface area contributed by atoms with E-state index < -0.39 is 0 Å². The molecule has 0 N–H and O–H groups in total. The van der Waals surface area contributed by atoms with Crippen molar-refractivity contribution in [2.24, 2.45) is 0 Å². The summed E-state index contributed by atoms with van der Waals surface area (Å²) < 4.78 is 0. The van der Waals surface area contributed by atoms with Crippen molar-refractivity contribution in [3.05, 3.63) is 325 Å². The SMILES string of the molecule is C=C(/C=C(\c1ccc(/C(=C\C(=C)N(c2ccccc2)c2ccc(C(C)C)cc2)N(c2ccccc2)c2ccc(C(C)C)cc2)c2ccccc12)N(c1ccccc1)c1ccc(C(C)C)cc1)N(c1ccccc1)c1ccc(C(C)C)cc1. The van der Waals surface area contributed by atoms with E-state index in [1.54, 1.807) is 0 Å². The molecule has 0 heterocycles. The van der Waals surface area contributed by atoms with Gasteiger partial charge < -0.3 is 19.6 Å². The molecule has 0 aliphatic carbocycles. The molecule has 10 aromatic carbocycles. The molecule has 0 amide bonds. The molecule has 0 aliphatic heterocycles. The number of fused-ring (bicyclic) bond motifs is 1. The maximum Gasteiger partial charge on any atom is 0.0560 e. The van der Waals surface area contributed by atoms with Crippen LogP contribution in [0.5, 0.6) is 0 Å². The van der Waals surface area contributed by atoms with Gasteiger partial charge in [-0.3, -0.25) is 0 Å². The van der Waals surface area contributed by atoms with E-state index in [9.17, 15) is 0 Å². The molecule has 0 unspecified atom stereocenters. The van der Waals surface area contributed by atoms with Gasteiger partial charge in [0.1, 0.15) is 0 Å². The van der Waals surface area contributed by atoms with Crippen molar-refractivity contribution < 1.29 is 0 Å². The van der Waals surface area contributed by atoms with Crippen LogP contribution in [0.25, 0.3) is 22.2 Å². The predicted molar refractivity (Wildman–Crippen MR) is 355 cm³/mol. The van der Waals surface area contributed by atoms with Gasteiger partial charge in [0, 0.05) is 68.0 Å². The number of para-hydroxylation sites is 4. The number of nitrogens with zero attached hydrogens (tertiary/aromatic N) is 4. The summed E-state index contributed by atoms with van der Waals surface area (Å²) in [5.41, 5.74) is 19.0. The quantitative estimate of drug-likeness (QED) is 0.0705. The third-order valence-electron chi connectivity index (χ3n) is 15.5. The fourth-order valence-corrected chi connectivity index (χ4v) is 10.9.